The van der Waals surface area contributed by atoms with Gasteiger partial charge in [0.05, 0.1) is 21.6 Å². The van der Waals surface area contributed by atoms with Crippen molar-refractivity contribution in [3.63, 3.8) is 0 Å². The summed E-state index contributed by atoms with van der Waals surface area (Å²) in [6.07, 6.45) is 0.902. The minimum Gasteiger partial charge on any atom is -0.598 e. The van der Waals surface area contributed by atoms with Gasteiger partial charge in [-0.05, 0) is 79.8 Å². The maximum atomic E-state index is 16.5. The molecule has 36 heavy (non-hydrogen) atoms. The van der Waals surface area contributed by atoms with Crippen molar-refractivity contribution in [3.05, 3.63) is 22.2 Å². The van der Waals surface area contributed by atoms with Crippen molar-refractivity contribution in [1.29, 1.82) is 5.26 Å². The molecule has 2 unspecified atom stereocenters. The molecule has 1 aromatic rings. The summed E-state index contributed by atoms with van der Waals surface area (Å²) in [6, 6.07) is 3.78. The van der Waals surface area contributed by atoms with Gasteiger partial charge in [0.15, 0.2) is 5.82 Å². The van der Waals surface area contributed by atoms with Crippen LogP contribution in [0, 0.1) is 17.1 Å². The lowest BCUT2D eigenvalue weighted by Gasteiger charge is -2.41. The zero-order chi connectivity index (χ0) is 27.6. The molecule has 1 aliphatic heterocycles. The molecule has 0 bridgehead atoms. The maximum absolute atomic E-state index is 16.5. The fourth-order valence-corrected chi connectivity index (χ4v) is 11.6. The van der Waals surface area contributed by atoms with Gasteiger partial charge in [0.1, 0.15) is 32.0 Å². The highest BCUT2D eigenvalue weighted by atomic mass is 79.9. The summed E-state index contributed by atoms with van der Waals surface area (Å²) in [6.45, 7) is 11.8. The van der Waals surface area contributed by atoms with Crippen LogP contribution in [-0.4, -0.2) is 59.5 Å². The van der Waals surface area contributed by atoms with Crippen molar-refractivity contribution in [3.8, 4) is 6.07 Å². The van der Waals surface area contributed by atoms with Crippen LogP contribution in [0.2, 0.25) is 0 Å². The molecule has 2 heterocycles. The summed E-state index contributed by atoms with van der Waals surface area (Å²) in [5.41, 5.74) is -2.29. The zero-order valence-corrected chi connectivity index (χ0v) is 26.3. The van der Waals surface area contributed by atoms with Gasteiger partial charge in [-0.1, -0.05) is 20.8 Å². The molecule has 1 N–H and O–H groups in total. The van der Waals surface area contributed by atoms with Crippen LogP contribution in [0.3, 0.4) is 0 Å². The van der Waals surface area contributed by atoms with Crippen LogP contribution in [-0.2, 0) is 26.6 Å². The van der Waals surface area contributed by atoms with Crippen LogP contribution in [0.5, 0.6) is 0 Å². The van der Waals surface area contributed by atoms with E-state index in [9.17, 15) is 14.0 Å². The van der Waals surface area contributed by atoms with Gasteiger partial charge in [-0.15, -0.1) is 4.72 Å². The average Bonchev–Trinajstić information content (AvgIpc) is 2.83. The number of nitrogens with one attached hydrogen (secondary N) is 1. The lowest BCUT2D eigenvalue weighted by atomic mass is 9.99. The molecule has 1 aromatic heterocycles. The molecule has 0 radical (unpaired) electrons. The molecule has 12 heteroatoms. The summed E-state index contributed by atoms with van der Waals surface area (Å²) in [7, 11) is -4.96. The fraction of sp³-hybridized carbons (Fsp3) is 0.750. The quantitative estimate of drug-likeness (QED) is 0.254. The fourth-order valence-electron chi connectivity index (χ4n) is 4.39. The minimum atomic E-state index is -3.37. The Labute approximate surface area is 228 Å². The SMILES string of the molecule is CCS(CC)(CC)c1cc(Br)nc([C@](CF)(CS2(=O)=NCCC[C@@]2(C)C#N)N[S+]([O-])C(C)(C)C)c1F. The largest absolute Gasteiger partial charge is 0.598 e. The van der Waals surface area contributed by atoms with Crippen molar-refractivity contribution in [2.75, 3.05) is 36.2 Å². The Morgan fingerprint density at radius 2 is 1.92 bits per heavy atom. The molecule has 0 aromatic carbocycles. The first-order valence-electron chi connectivity index (χ1n) is 12.1. The third kappa shape index (κ3) is 5.91. The number of aromatic nitrogens is 1. The second-order valence-electron chi connectivity index (χ2n) is 10.3. The lowest BCUT2D eigenvalue weighted by molar-refractivity contribution is 0.290. The number of alkyl halides is 1. The van der Waals surface area contributed by atoms with Crippen molar-refractivity contribution < 1.29 is 17.5 Å². The summed E-state index contributed by atoms with van der Waals surface area (Å²) in [5.74, 6) is 1.00. The van der Waals surface area contributed by atoms with E-state index in [0.29, 0.717) is 22.3 Å². The number of halogens is 3. The van der Waals surface area contributed by atoms with Gasteiger partial charge in [0, 0.05) is 22.8 Å². The van der Waals surface area contributed by atoms with E-state index in [1.165, 1.54) is 0 Å². The van der Waals surface area contributed by atoms with Gasteiger partial charge in [-0.3, -0.25) is 0 Å². The smallest absolute Gasteiger partial charge is 0.159 e. The van der Waals surface area contributed by atoms with Gasteiger partial charge in [0.25, 0.3) is 0 Å². The van der Waals surface area contributed by atoms with E-state index in [-0.39, 0.29) is 12.2 Å². The molecule has 1 aliphatic rings. The molecule has 0 saturated heterocycles. The summed E-state index contributed by atoms with van der Waals surface area (Å²) in [4.78, 5) is 4.83. The number of nitrogens with zero attached hydrogens (tertiary/aromatic N) is 3. The van der Waals surface area contributed by atoms with Crippen molar-refractivity contribution >= 4 is 47.0 Å². The predicted molar refractivity (Wildman–Crippen MR) is 152 cm³/mol. The Bertz CT molecular complexity index is 1110. The molecular formula is C24H39BrF2N4O2S3. The van der Waals surface area contributed by atoms with Crippen LogP contribution in [0.1, 0.15) is 67.0 Å². The number of hydrogen-bond donors (Lipinski definition) is 1. The number of rotatable bonds is 10. The Morgan fingerprint density at radius 1 is 1.33 bits per heavy atom. The topological polar surface area (TPSA) is 101 Å². The van der Waals surface area contributed by atoms with Gasteiger partial charge >= 0.3 is 0 Å². The van der Waals surface area contributed by atoms with Gasteiger partial charge in [-0.2, -0.15) is 5.26 Å². The highest BCUT2D eigenvalue weighted by Gasteiger charge is 2.52. The van der Waals surface area contributed by atoms with E-state index < -0.39 is 64.4 Å². The Hall–Kier alpha value is -0.450. The van der Waals surface area contributed by atoms with Gasteiger partial charge in [0.2, 0.25) is 0 Å². The molecule has 206 valence electrons. The standard InChI is InChI=1S/C24H39BrF2N4O2S3/c1-8-35(9-2,10-3)18-14-19(25)30-21(20(18)27)24(15-26,31-34(32)22(4,5)6)17-36(33)23(7,16-28)12-11-13-29-36/h14,31H,8-13,15,17H2,1-7H3/t23-,24-,34?,36?/m0/s1. The molecule has 6 nitrogen and oxygen atoms in total. The Balaban J connectivity index is 2.92. The zero-order valence-electron chi connectivity index (χ0n) is 22.3. The van der Waals surface area contributed by atoms with E-state index in [4.69, 9.17) is 0 Å². The number of nitriles is 1. The number of pyridine rings is 1. The van der Waals surface area contributed by atoms with Crippen LogP contribution in [0.4, 0.5) is 8.78 Å². The van der Waals surface area contributed by atoms with E-state index in [1.807, 2.05) is 20.8 Å². The first-order valence-corrected chi connectivity index (χ1v) is 17.9. The average molecular weight is 630 g/mol. The van der Waals surface area contributed by atoms with Crippen molar-refractivity contribution in [1.82, 2.24) is 9.71 Å². The maximum Gasteiger partial charge on any atom is 0.159 e. The molecule has 0 fully saturated rings. The summed E-state index contributed by atoms with van der Waals surface area (Å²) < 4.78 is 64.7. The van der Waals surface area contributed by atoms with Crippen molar-refractivity contribution in [2.45, 2.75) is 81.2 Å². The highest BCUT2D eigenvalue weighted by molar-refractivity contribution is 9.10. The van der Waals surface area contributed by atoms with E-state index in [2.05, 4.69) is 36.1 Å². The molecule has 0 saturated carbocycles. The first kappa shape index (κ1) is 31.8. The second-order valence-corrected chi connectivity index (χ2v) is 20.1. The third-order valence-electron chi connectivity index (χ3n) is 7.04. The van der Waals surface area contributed by atoms with E-state index in [1.54, 1.807) is 33.8 Å². The molecular weight excluding hydrogens is 590 g/mol. The van der Waals surface area contributed by atoms with Gasteiger partial charge in [-0.25, -0.2) is 32.4 Å². The predicted octanol–water partition coefficient (Wildman–Crippen LogP) is 5.97. The normalized spacial score (nSPS) is 25.9. The van der Waals surface area contributed by atoms with E-state index in [0.717, 1.165) is 17.3 Å². The first-order chi connectivity index (χ1) is 16.6. The van der Waals surface area contributed by atoms with Gasteiger partial charge < -0.3 is 4.55 Å². The Kier molecular flexibility index (Phi) is 10.4. The molecule has 0 amide bonds. The molecule has 2 rings (SSSR count). The molecule has 0 spiro atoms. The van der Waals surface area contributed by atoms with E-state index >= 15 is 8.78 Å². The number of hydrogen-bond acceptors (Lipinski definition) is 6. The summed E-state index contributed by atoms with van der Waals surface area (Å²) in [5, 5.41) is 9.93. The van der Waals surface area contributed by atoms with Crippen LogP contribution < -0.4 is 4.72 Å². The summed E-state index contributed by atoms with van der Waals surface area (Å²) >= 11 is 1.53. The van der Waals surface area contributed by atoms with Crippen LogP contribution in [0.15, 0.2) is 19.9 Å². The van der Waals surface area contributed by atoms with Crippen LogP contribution >= 0.6 is 26.0 Å². The monoisotopic (exact) mass is 628 g/mol. The second kappa shape index (κ2) is 11.7. The minimum absolute atomic E-state index is 0.259. The molecule has 4 atom stereocenters. The third-order valence-corrected chi connectivity index (χ3v) is 16.9. The van der Waals surface area contributed by atoms with Crippen LogP contribution in [0.25, 0.3) is 0 Å². The Morgan fingerprint density at radius 3 is 2.39 bits per heavy atom. The molecule has 0 aliphatic carbocycles. The lowest BCUT2D eigenvalue weighted by Crippen LogP contribution is -2.59. The highest BCUT2D eigenvalue weighted by Crippen LogP contribution is 2.57. The van der Waals surface area contributed by atoms with Crippen molar-refractivity contribution in [2.24, 2.45) is 4.36 Å².